The first kappa shape index (κ1) is 18.6. The lowest BCUT2D eigenvalue weighted by Crippen LogP contribution is -2.51. The van der Waals surface area contributed by atoms with E-state index in [2.05, 4.69) is 0 Å². The van der Waals surface area contributed by atoms with Crippen molar-refractivity contribution in [3.05, 3.63) is 29.8 Å². The third kappa shape index (κ3) is 3.86. The number of ether oxygens (including phenoxy) is 1. The second-order valence-corrected chi connectivity index (χ2v) is 6.38. The second kappa shape index (κ2) is 7.92. The number of benzene rings is 1. The van der Waals surface area contributed by atoms with Gasteiger partial charge in [0, 0.05) is 38.5 Å². The van der Waals surface area contributed by atoms with Crippen LogP contribution in [-0.2, 0) is 4.79 Å². The van der Waals surface area contributed by atoms with Crippen LogP contribution in [0.4, 0.5) is 8.78 Å². The van der Waals surface area contributed by atoms with Gasteiger partial charge in [-0.1, -0.05) is 13.8 Å². The predicted molar refractivity (Wildman–Crippen MR) is 88.7 cm³/mol. The highest BCUT2D eigenvalue weighted by atomic mass is 19.1. The monoisotopic (exact) mass is 340 g/mol. The summed E-state index contributed by atoms with van der Waals surface area (Å²) in [7, 11) is 0. The van der Waals surface area contributed by atoms with Gasteiger partial charge in [0.25, 0.3) is 0 Å². The molecular formula is C18H26F2N2O2. The standard InChI is InChI=1S/C18H26F2N2O2/c1-3-18(4-2,12-21)17(23)22-9-7-14(8-10-22)24-16-6-5-13(19)11-15(16)20/h5-6,11,14H,3-4,7-10,12,21H2,1-2H3. The number of rotatable bonds is 6. The van der Waals surface area contributed by atoms with Crippen molar-refractivity contribution in [1.82, 2.24) is 4.90 Å². The van der Waals surface area contributed by atoms with Gasteiger partial charge in [0.05, 0.1) is 5.41 Å². The fourth-order valence-corrected chi connectivity index (χ4v) is 3.19. The zero-order chi connectivity index (χ0) is 17.7. The van der Waals surface area contributed by atoms with E-state index in [9.17, 15) is 13.6 Å². The maximum atomic E-state index is 13.7. The smallest absolute Gasteiger partial charge is 0.230 e. The molecule has 24 heavy (non-hydrogen) atoms. The van der Waals surface area contributed by atoms with Gasteiger partial charge in [-0.15, -0.1) is 0 Å². The lowest BCUT2D eigenvalue weighted by molar-refractivity contribution is -0.144. The molecule has 0 atom stereocenters. The van der Waals surface area contributed by atoms with Crippen molar-refractivity contribution in [2.75, 3.05) is 19.6 Å². The molecule has 1 fully saturated rings. The number of nitrogens with zero attached hydrogens (tertiary/aromatic N) is 1. The fourth-order valence-electron chi connectivity index (χ4n) is 3.19. The SMILES string of the molecule is CCC(CC)(CN)C(=O)N1CCC(Oc2ccc(F)cc2F)CC1. The summed E-state index contributed by atoms with van der Waals surface area (Å²) in [4.78, 5) is 14.6. The van der Waals surface area contributed by atoms with E-state index in [4.69, 9.17) is 10.5 Å². The van der Waals surface area contributed by atoms with Gasteiger partial charge < -0.3 is 15.4 Å². The molecule has 0 spiro atoms. The van der Waals surface area contributed by atoms with E-state index in [1.54, 1.807) is 0 Å². The lowest BCUT2D eigenvalue weighted by atomic mass is 9.80. The van der Waals surface area contributed by atoms with Crippen LogP contribution in [0.1, 0.15) is 39.5 Å². The molecule has 0 radical (unpaired) electrons. The molecule has 2 rings (SSSR count). The number of piperidine rings is 1. The number of likely N-dealkylation sites (tertiary alicyclic amines) is 1. The van der Waals surface area contributed by atoms with E-state index in [-0.39, 0.29) is 17.8 Å². The summed E-state index contributed by atoms with van der Waals surface area (Å²) in [5, 5.41) is 0. The summed E-state index contributed by atoms with van der Waals surface area (Å²) < 4.78 is 32.2. The van der Waals surface area contributed by atoms with E-state index in [1.165, 1.54) is 12.1 Å². The van der Waals surface area contributed by atoms with Crippen LogP contribution in [0, 0.1) is 17.0 Å². The van der Waals surface area contributed by atoms with Gasteiger partial charge in [-0.3, -0.25) is 4.79 Å². The van der Waals surface area contributed by atoms with E-state index in [0.29, 0.717) is 32.5 Å². The van der Waals surface area contributed by atoms with Crippen LogP contribution in [0.5, 0.6) is 5.75 Å². The van der Waals surface area contributed by atoms with Crippen LogP contribution >= 0.6 is 0 Å². The lowest BCUT2D eigenvalue weighted by Gasteiger charge is -2.39. The largest absolute Gasteiger partial charge is 0.487 e. The van der Waals surface area contributed by atoms with Crippen molar-refractivity contribution >= 4 is 5.91 Å². The Morgan fingerprint density at radius 2 is 1.92 bits per heavy atom. The minimum atomic E-state index is -0.701. The Morgan fingerprint density at radius 3 is 2.42 bits per heavy atom. The van der Waals surface area contributed by atoms with Gasteiger partial charge in [-0.2, -0.15) is 0 Å². The Hall–Kier alpha value is -1.69. The molecule has 0 unspecified atom stereocenters. The normalized spacial score (nSPS) is 16.3. The molecule has 1 amide bonds. The molecular weight excluding hydrogens is 314 g/mol. The molecule has 0 bridgehead atoms. The van der Waals surface area contributed by atoms with Crippen LogP contribution in [-0.4, -0.2) is 36.5 Å². The fraction of sp³-hybridized carbons (Fsp3) is 0.611. The zero-order valence-corrected chi connectivity index (χ0v) is 14.4. The molecule has 0 aromatic heterocycles. The summed E-state index contributed by atoms with van der Waals surface area (Å²) >= 11 is 0. The third-order valence-electron chi connectivity index (χ3n) is 5.11. The van der Waals surface area contributed by atoms with Crippen LogP contribution in [0.3, 0.4) is 0 Å². The molecule has 4 nitrogen and oxygen atoms in total. The first-order valence-corrected chi connectivity index (χ1v) is 8.57. The third-order valence-corrected chi connectivity index (χ3v) is 5.11. The molecule has 1 heterocycles. The highest BCUT2D eigenvalue weighted by molar-refractivity contribution is 5.83. The average Bonchev–Trinajstić information content (AvgIpc) is 2.60. The Balaban J connectivity index is 1.94. The minimum Gasteiger partial charge on any atom is -0.487 e. The van der Waals surface area contributed by atoms with Gasteiger partial charge in [0.15, 0.2) is 11.6 Å². The van der Waals surface area contributed by atoms with Gasteiger partial charge in [-0.25, -0.2) is 8.78 Å². The second-order valence-electron chi connectivity index (χ2n) is 6.38. The van der Waals surface area contributed by atoms with E-state index < -0.39 is 17.0 Å². The number of hydrogen-bond donors (Lipinski definition) is 1. The predicted octanol–water partition coefficient (Wildman–Crippen LogP) is 3.10. The van der Waals surface area contributed by atoms with Crippen LogP contribution in [0.15, 0.2) is 18.2 Å². The number of nitrogens with two attached hydrogens (primary N) is 1. The Labute approximate surface area is 142 Å². The first-order valence-electron chi connectivity index (χ1n) is 8.57. The summed E-state index contributed by atoms with van der Waals surface area (Å²) in [6.45, 7) is 5.45. The average molecular weight is 340 g/mol. The molecule has 0 aliphatic carbocycles. The quantitative estimate of drug-likeness (QED) is 0.866. The molecule has 1 aliphatic heterocycles. The molecule has 1 aromatic rings. The topological polar surface area (TPSA) is 55.6 Å². The van der Waals surface area contributed by atoms with E-state index in [1.807, 2.05) is 18.7 Å². The van der Waals surface area contributed by atoms with Crippen LogP contribution in [0.25, 0.3) is 0 Å². The van der Waals surface area contributed by atoms with Crippen molar-refractivity contribution in [3.63, 3.8) is 0 Å². The molecule has 2 N–H and O–H groups in total. The Bertz CT molecular complexity index is 560. The number of halogens is 2. The summed E-state index contributed by atoms with van der Waals surface area (Å²) in [5.74, 6) is -1.17. The summed E-state index contributed by atoms with van der Waals surface area (Å²) in [6, 6.07) is 3.29. The van der Waals surface area contributed by atoms with Gasteiger partial charge in [-0.05, 0) is 25.0 Å². The van der Waals surface area contributed by atoms with Gasteiger partial charge in [0.1, 0.15) is 11.9 Å². The Kier molecular flexibility index (Phi) is 6.15. The van der Waals surface area contributed by atoms with Crippen molar-refractivity contribution in [2.45, 2.75) is 45.6 Å². The highest BCUT2D eigenvalue weighted by Crippen LogP contribution is 2.30. The van der Waals surface area contributed by atoms with Crippen molar-refractivity contribution in [3.8, 4) is 5.75 Å². The van der Waals surface area contributed by atoms with Crippen molar-refractivity contribution in [2.24, 2.45) is 11.1 Å². The number of hydrogen-bond acceptors (Lipinski definition) is 3. The number of carbonyl (C=O) groups excluding carboxylic acids is 1. The van der Waals surface area contributed by atoms with Gasteiger partial charge >= 0.3 is 0 Å². The first-order chi connectivity index (χ1) is 11.5. The highest BCUT2D eigenvalue weighted by Gasteiger charge is 2.38. The van der Waals surface area contributed by atoms with Crippen molar-refractivity contribution < 1.29 is 18.3 Å². The Morgan fingerprint density at radius 1 is 1.29 bits per heavy atom. The molecule has 6 heteroatoms. The van der Waals surface area contributed by atoms with E-state index in [0.717, 1.165) is 18.9 Å². The minimum absolute atomic E-state index is 0.0552. The molecule has 1 aliphatic rings. The summed E-state index contributed by atoms with van der Waals surface area (Å²) in [6.07, 6.45) is 2.50. The summed E-state index contributed by atoms with van der Waals surface area (Å²) in [5.41, 5.74) is 5.36. The van der Waals surface area contributed by atoms with Crippen LogP contribution < -0.4 is 10.5 Å². The number of amides is 1. The molecule has 0 saturated carbocycles. The molecule has 1 aromatic carbocycles. The van der Waals surface area contributed by atoms with Crippen LogP contribution in [0.2, 0.25) is 0 Å². The van der Waals surface area contributed by atoms with Crippen molar-refractivity contribution in [1.29, 1.82) is 0 Å². The molecule has 1 saturated heterocycles. The van der Waals surface area contributed by atoms with Gasteiger partial charge in [0.2, 0.25) is 5.91 Å². The maximum Gasteiger partial charge on any atom is 0.230 e. The number of carbonyl (C=O) groups is 1. The zero-order valence-electron chi connectivity index (χ0n) is 14.4. The maximum absolute atomic E-state index is 13.7. The molecule has 134 valence electrons. The van der Waals surface area contributed by atoms with E-state index >= 15 is 0 Å².